The number of thiophene rings is 1. The molecule has 0 radical (unpaired) electrons. The van der Waals surface area contributed by atoms with Crippen LogP contribution in [0.1, 0.15) is 42.2 Å². The van der Waals surface area contributed by atoms with Gasteiger partial charge in [0.2, 0.25) is 0 Å². The van der Waals surface area contributed by atoms with Gasteiger partial charge in [0.05, 0.1) is 16.7 Å². The van der Waals surface area contributed by atoms with Crippen LogP contribution in [-0.2, 0) is 0 Å². The van der Waals surface area contributed by atoms with Crippen LogP contribution in [0.15, 0.2) is 35.7 Å². The second kappa shape index (κ2) is 7.65. The van der Waals surface area contributed by atoms with Crippen molar-refractivity contribution in [3.8, 4) is 0 Å². The maximum atomic E-state index is 12.5. The number of carbonyl (C=O) groups is 1. The summed E-state index contributed by atoms with van der Waals surface area (Å²) in [6, 6.07) is 8.17. The molecule has 2 aromatic rings. The zero-order chi connectivity index (χ0) is 17.8. The van der Waals surface area contributed by atoms with E-state index in [0.717, 1.165) is 23.3 Å². The molecule has 0 bridgehead atoms. The Morgan fingerprint density at radius 1 is 1.32 bits per heavy atom. The predicted molar refractivity (Wildman–Crippen MR) is 99.0 cm³/mol. The molecular weight excluding hydrogens is 338 g/mol. The quantitative estimate of drug-likeness (QED) is 0.581. The Morgan fingerprint density at radius 3 is 2.72 bits per heavy atom. The average molecular weight is 359 g/mol. The van der Waals surface area contributed by atoms with Crippen LogP contribution in [0.3, 0.4) is 0 Å². The zero-order valence-corrected chi connectivity index (χ0v) is 14.8. The van der Waals surface area contributed by atoms with Crippen molar-refractivity contribution in [3.63, 3.8) is 0 Å². The van der Waals surface area contributed by atoms with E-state index in [2.05, 4.69) is 10.6 Å². The highest BCUT2D eigenvalue weighted by Crippen LogP contribution is 2.37. The van der Waals surface area contributed by atoms with Crippen LogP contribution in [-0.4, -0.2) is 11.0 Å². The molecule has 0 saturated heterocycles. The Morgan fingerprint density at radius 2 is 2.08 bits per heavy atom. The fourth-order valence-electron chi connectivity index (χ4n) is 3.34. The van der Waals surface area contributed by atoms with E-state index >= 15 is 0 Å². The second-order valence-corrected chi connectivity index (χ2v) is 7.37. The van der Waals surface area contributed by atoms with Crippen molar-refractivity contribution in [1.29, 1.82) is 0 Å². The summed E-state index contributed by atoms with van der Waals surface area (Å²) in [5.41, 5.74) is 1.21. The highest BCUT2D eigenvalue weighted by Gasteiger charge is 2.28. The number of nitrogens with zero attached hydrogens (tertiary/aromatic N) is 1. The van der Waals surface area contributed by atoms with Crippen LogP contribution < -0.4 is 10.6 Å². The Labute approximate surface area is 150 Å². The predicted octanol–water partition coefficient (Wildman–Crippen LogP) is 5.02. The molecule has 1 aromatic carbocycles. The van der Waals surface area contributed by atoms with Gasteiger partial charge in [0, 0.05) is 17.0 Å². The molecule has 3 rings (SSSR count). The minimum Gasteiger partial charge on any atom is -0.330 e. The molecule has 1 heterocycles. The normalized spacial score (nSPS) is 15.7. The number of aryl methyl sites for hydroxylation is 1. The van der Waals surface area contributed by atoms with Gasteiger partial charge in [-0.3, -0.25) is 10.1 Å². The highest BCUT2D eigenvalue weighted by molar-refractivity contribution is 7.10. The molecule has 7 heteroatoms. The lowest BCUT2D eigenvalue weighted by Gasteiger charge is -2.24. The van der Waals surface area contributed by atoms with Crippen LogP contribution in [0.4, 0.5) is 16.2 Å². The lowest BCUT2D eigenvalue weighted by molar-refractivity contribution is -0.384. The SMILES string of the molecule is Cc1ccc([N+](=O)[O-])cc1NC(=O)NC(c1cccs1)C1CCCC1. The number of nitro benzene ring substituents is 1. The first-order valence-corrected chi connectivity index (χ1v) is 9.28. The summed E-state index contributed by atoms with van der Waals surface area (Å²) < 4.78 is 0. The number of anilines is 1. The average Bonchev–Trinajstić information content (AvgIpc) is 3.28. The molecule has 1 aliphatic rings. The molecule has 0 aliphatic heterocycles. The van der Waals surface area contributed by atoms with Crippen LogP contribution in [0.5, 0.6) is 0 Å². The molecule has 1 saturated carbocycles. The fraction of sp³-hybridized carbons (Fsp3) is 0.389. The van der Waals surface area contributed by atoms with Crippen LogP contribution in [0, 0.1) is 23.0 Å². The van der Waals surface area contributed by atoms with Gasteiger partial charge in [-0.05, 0) is 42.7 Å². The number of urea groups is 1. The van der Waals surface area contributed by atoms with Crippen molar-refractivity contribution in [2.75, 3.05) is 5.32 Å². The summed E-state index contributed by atoms with van der Waals surface area (Å²) in [7, 11) is 0. The summed E-state index contributed by atoms with van der Waals surface area (Å²) in [5, 5.41) is 18.8. The molecule has 0 spiro atoms. The van der Waals surface area contributed by atoms with E-state index in [1.165, 1.54) is 25.0 Å². The Kier molecular flexibility index (Phi) is 5.33. The fourth-order valence-corrected chi connectivity index (χ4v) is 4.21. The number of nitrogens with one attached hydrogen (secondary N) is 2. The van der Waals surface area contributed by atoms with Crippen molar-refractivity contribution >= 4 is 28.7 Å². The van der Waals surface area contributed by atoms with Gasteiger partial charge < -0.3 is 10.6 Å². The van der Waals surface area contributed by atoms with E-state index in [4.69, 9.17) is 0 Å². The monoisotopic (exact) mass is 359 g/mol. The molecule has 1 unspecified atom stereocenters. The maximum absolute atomic E-state index is 12.5. The van der Waals surface area contributed by atoms with Crippen molar-refractivity contribution < 1.29 is 9.72 Å². The standard InChI is InChI=1S/C18H21N3O3S/c1-12-8-9-14(21(23)24)11-15(12)19-18(22)20-17(13-5-2-3-6-13)16-7-4-10-25-16/h4,7-11,13,17H,2-3,5-6H2,1H3,(H2,19,20,22). The van der Waals surface area contributed by atoms with Gasteiger partial charge in [-0.1, -0.05) is 25.0 Å². The minimum absolute atomic E-state index is 0.0125. The lowest BCUT2D eigenvalue weighted by atomic mass is 9.97. The lowest BCUT2D eigenvalue weighted by Crippen LogP contribution is -2.35. The smallest absolute Gasteiger partial charge is 0.319 e. The molecule has 6 nitrogen and oxygen atoms in total. The van der Waals surface area contributed by atoms with E-state index in [-0.39, 0.29) is 17.8 Å². The van der Waals surface area contributed by atoms with E-state index in [0.29, 0.717) is 11.6 Å². The largest absolute Gasteiger partial charge is 0.330 e. The molecular formula is C18H21N3O3S. The van der Waals surface area contributed by atoms with Gasteiger partial charge in [0.1, 0.15) is 0 Å². The Bertz CT molecular complexity index is 755. The molecule has 25 heavy (non-hydrogen) atoms. The van der Waals surface area contributed by atoms with E-state index in [1.54, 1.807) is 17.4 Å². The maximum Gasteiger partial charge on any atom is 0.319 e. The topological polar surface area (TPSA) is 84.3 Å². The number of nitro groups is 1. The van der Waals surface area contributed by atoms with Crippen molar-refractivity contribution in [1.82, 2.24) is 5.32 Å². The van der Waals surface area contributed by atoms with Crippen molar-refractivity contribution in [3.05, 3.63) is 56.3 Å². The third-order valence-electron chi connectivity index (χ3n) is 4.69. The minimum atomic E-state index is -0.463. The van der Waals surface area contributed by atoms with Gasteiger partial charge >= 0.3 is 6.03 Å². The van der Waals surface area contributed by atoms with Crippen LogP contribution in [0.25, 0.3) is 0 Å². The van der Waals surface area contributed by atoms with Crippen LogP contribution >= 0.6 is 11.3 Å². The van der Waals surface area contributed by atoms with Gasteiger partial charge in [0.15, 0.2) is 0 Å². The number of hydrogen-bond acceptors (Lipinski definition) is 4. The second-order valence-electron chi connectivity index (χ2n) is 6.39. The first kappa shape index (κ1) is 17.4. The first-order chi connectivity index (χ1) is 12.0. The third-order valence-corrected chi connectivity index (χ3v) is 5.64. The number of non-ortho nitro benzene ring substituents is 1. The van der Waals surface area contributed by atoms with Gasteiger partial charge in [-0.15, -0.1) is 11.3 Å². The molecule has 1 aromatic heterocycles. The van der Waals surface area contributed by atoms with E-state index in [9.17, 15) is 14.9 Å². The Hall–Kier alpha value is -2.41. The summed E-state index contributed by atoms with van der Waals surface area (Å²) in [4.78, 5) is 24.1. The van der Waals surface area contributed by atoms with E-state index < -0.39 is 4.92 Å². The molecule has 2 amide bonds. The van der Waals surface area contributed by atoms with Crippen LogP contribution in [0.2, 0.25) is 0 Å². The van der Waals surface area contributed by atoms with Crippen molar-refractivity contribution in [2.45, 2.75) is 38.6 Å². The molecule has 2 N–H and O–H groups in total. The summed E-state index contributed by atoms with van der Waals surface area (Å²) in [6.45, 7) is 1.81. The Balaban J connectivity index is 1.74. The zero-order valence-electron chi connectivity index (χ0n) is 14.0. The molecule has 1 aliphatic carbocycles. The van der Waals surface area contributed by atoms with E-state index in [1.807, 2.05) is 24.4 Å². The van der Waals surface area contributed by atoms with Gasteiger partial charge in [-0.25, -0.2) is 4.79 Å². The molecule has 132 valence electrons. The molecule has 1 atom stereocenters. The first-order valence-electron chi connectivity index (χ1n) is 8.40. The number of hydrogen-bond donors (Lipinski definition) is 2. The number of rotatable bonds is 5. The summed E-state index contributed by atoms with van der Waals surface area (Å²) in [5.74, 6) is 0.440. The van der Waals surface area contributed by atoms with Gasteiger partial charge in [0.25, 0.3) is 5.69 Å². The summed E-state index contributed by atoms with van der Waals surface area (Å²) in [6.07, 6.45) is 4.61. The van der Waals surface area contributed by atoms with Crippen molar-refractivity contribution in [2.24, 2.45) is 5.92 Å². The number of carbonyl (C=O) groups excluding carboxylic acids is 1. The van der Waals surface area contributed by atoms with Gasteiger partial charge in [-0.2, -0.15) is 0 Å². The number of benzene rings is 1. The third kappa shape index (κ3) is 4.17. The highest BCUT2D eigenvalue weighted by atomic mass is 32.1. The summed E-state index contributed by atoms with van der Waals surface area (Å²) >= 11 is 1.64. The number of amides is 2. The molecule has 1 fully saturated rings.